The lowest BCUT2D eigenvalue weighted by Crippen LogP contribution is -2.45. The van der Waals surface area contributed by atoms with E-state index < -0.39 is 29.4 Å². The normalized spacial score (nSPS) is 10.9. The average molecular weight is 462 g/mol. The second-order valence-electron chi connectivity index (χ2n) is 7.15. The van der Waals surface area contributed by atoms with E-state index >= 15 is 0 Å². The van der Waals surface area contributed by atoms with E-state index in [1.165, 1.54) is 6.20 Å². The molecule has 0 spiro atoms. The predicted octanol–water partition coefficient (Wildman–Crippen LogP) is 4.73. The minimum Gasteiger partial charge on any atom is -0.464 e. The van der Waals surface area contributed by atoms with Gasteiger partial charge in [-0.25, -0.2) is 24.4 Å². The number of aromatic nitrogens is 2. The van der Waals surface area contributed by atoms with Crippen molar-refractivity contribution in [2.45, 2.75) is 66.6 Å². The van der Waals surface area contributed by atoms with Crippen LogP contribution in [0, 0.1) is 0 Å². The van der Waals surface area contributed by atoms with Gasteiger partial charge in [0, 0.05) is 0 Å². The Labute approximate surface area is 173 Å². The van der Waals surface area contributed by atoms with E-state index in [4.69, 9.17) is 9.47 Å². The summed E-state index contributed by atoms with van der Waals surface area (Å²) in [5.74, 6) is -1.24. The van der Waals surface area contributed by atoms with Gasteiger partial charge in [-0.1, -0.05) is 13.8 Å². The monoisotopic (exact) mass is 461 g/mol. The van der Waals surface area contributed by atoms with Crippen molar-refractivity contribution in [3.8, 4) is 0 Å². The molecule has 28 heavy (non-hydrogen) atoms. The lowest BCUT2D eigenvalue weighted by atomic mass is 10.2. The van der Waals surface area contributed by atoms with Gasteiger partial charge in [-0.05, 0) is 57.5 Å². The number of methoxy groups -OCH3 is 1. The van der Waals surface area contributed by atoms with Gasteiger partial charge in [0.15, 0.2) is 11.5 Å². The summed E-state index contributed by atoms with van der Waals surface area (Å²) >= 11 is 3.08. The van der Waals surface area contributed by atoms with Crippen molar-refractivity contribution in [1.82, 2.24) is 9.97 Å². The van der Waals surface area contributed by atoms with Crippen LogP contribution in [0.1, 0.15) is 65.9 Å². The Kier molecular flexibility index (Phi) is 9.53. The molecule has 1 heterocycles. The molecule has 0 aliphatic rings. The van der Waals surface area contributed by atoms with Crippen LogP contribution >= 0.6 is 15.9 Å². The summed E-state index contributed by atoms with van der Waals surface area (Å²) in [6, 6.07) is 0. The Bertz CT molecular complexity index is 682. The Balaban J connectivity index is 0.00000352. The van der Waals surface area contributed by atoms with Crippen molar-refractivity contribution in [2.75, 3.05) is 12.0 Å². The molecule has 0 fully saturated rings. The first-order chi connectivity index (χ1) is 12.7. The van der Waals surface area contributed by atoms with Crippen LogP contribution in [-0.2, 0) is 14.2 Å². The molecule has 0 saturated heterocycles. The zero-order chi connectivity index (χ0) is 22.3. The van der Waals surface area contributed by atoms with Gasteiger partial charge in [0.05, 0.1) is 13.3 Å². The number of ether oxygens (including phenoxy) is 3. The fourth-order valence-corrected chi connectivity index (χ4v) is 1.90. The van der Waals surface area contributed by atoms with Gasteiger partial charge in [-0.2, -0.15) is 4.90 Å². The summed E-state index contributed by atoms with van der Waals surface area (Å²) < 4.78 is 15.4. The Hall–Kier alpha value is -2.23. The van der Waals surface area contributed by atoms with Crippen molar-refractivity contribution < 1.29 is 28.6 Å². The van der Waals surface area contributed by atoms with E-state index in [0.717, 1.165) is 7.11 Å². The summed E-state index contributed by atoms with van der Waals surface area (Å²) in [6.45, 7) is 13.8. The Morgan fingerprint density at radius 2 is 1.39 bits per heavy atom. The average Bonchev–Trinajstić information content (AvgIpc) is 2.54. The van der Waals surface area contributed by atoms with Crippen LogP contribution in [0.4, 0.5) is 15.4 Å². The number of halogens is 1. The highest BCUT2D eigenvalue weighted by Gasteiger charge is 2.37. The topological polar surface area (TPSA) is 108 Å². The van der Waals surface area contributed by atoms with Crippen LogP contribution in [0.2, 0.25) is 0 Å². The van der Waals surface area contributed by atoms with E-state index in [9.17, 15) is 14.4 Å². The maximum absolute atomic E-state index is 12.6. The van der Waals surface area contributed by atoms with E-state index in [0.29, 0.717) is 4.90 Å². The van der Waals surface area contributed by atoms with Gasteiger partial charge in [0.1, 0.15) is 15.8 Å². The van der Waals surface area contributed by atoms with Crippen LogP contribution in [0.25, 0.3) is 0 Å². The van der Waals surface area contributed by atoms with Crippen molar-refractivity contribution >= 4 is 39.9 Å². The van der Waals surface area contributed by atoms with Gasteiger partial charge < -0.3 is 14.2 Å². The lowest BCUT2D eigenvalue weighted by Gasteiger charge is -2.28. The molecule has 0 N–H and O–H groups in total. The van der Waals surface area contributed by atoms with Crippen molar-refractivity contribution in [1.29, 1.82) is 0 Å². The van der Waals surface area contributed by atoms with Gasteiger partial charge in [-0.15, -0.1) is 0 Å². The van der Waals surface area contributed by atoms with E-state index in [1.54, 1.807) is 41.5 Å². The number of imide groups is 1. The van der Waals surface area contributed by atoms with E-state index in [1.807, 2.05) is 13.8 Å². The lowest BCUT2D eigenvalue weighted by molar-refractivity contribution is 0.0428. The SMILES string of the molecule is CC.COC(=O)c1nc(Br)cnc1N(C(=O)OC(C)(C)C)C(=O)OC(C)(C)C. The molecular formula is C18H28BrN3O6. The molecule has 158 valence electrons. The van der Waals surface area contributed by atoms with Gasteiger partial charge in [0.2, 0.25) is 0 Å². The summed E-state index contributed by atoms with van der Waals surface area (Å²) in [5.41, 5.74) is -2.14. The Morgan fingerprint density at radius 1 is 0.964 bits per heavy atom. The maximum Gasteiger partial charge on any atom is 0.425 e. The Morgan fingerprint density at radius 3 is 1.75 bits per heavy atom. The van der Waals surface area contributed by atoms with Crippen LogP contribution in [0.3, 0.4) is 0 Å². The molecule has 0 bridgehead atoms. The molecule has 1 aromatic heterocycles. The molecule has 1 rings (SSSR count). The fraction of sp³-hybridized carbons (Fsp3) is 0.611. The number of amides is 2. The zero-order valence-corrected chi connectivity index (χ0v) is 19.3. The van der Waals surface area contributed by atoms with Crippen LogP contribution in [-0.4, -0.2) is 46.4 Å². The zero-order valence-electron chi connectivity index (χ0n) is 17.7. The van der Waals surface area contributed by atoms with Crippen LogP contribution in [0.15, 0.2) is 10.8 Å². The summed E-state index contributed by atoms with van der Waals surface area (Å²) in [5, 5.41) is 0. The number of hydrogen-bond acceptors (Lipinski definition) is 8. The molecule has 10 heteroatoms. The first-order valence-corrected chi connectivity index (χ1v) is 9.41. The molecular weight excluding hydrogens is 434 g/mol. The summed E-state index contributed by atoms with van der Waals surface area (Å²) in [6.07, 6.45) is -0.897. The molecule has 0 saturated carbocycles. The van der Waals surface area contributed by atoms with Crippen molar-refractivity contribution in [2.24, 2.45) is 0 Å². The van der Waals surface area contributed by atoms with Crippen LogP contribution < -0.4 is 4.90 Å². The second kappa shape index (κ2) is 10.4. The predicted molar refractivity (Wildman–Crippen MR) is 107 cm³/mol. The minimum absolute atomic E-state index is 0.218. The third kappa shape index (κ3) is 8.20. The standard InChI is InChI=1S/C16H22BrN3O6.C2H6/c1-15(2,3)25-13(22)20(14(23)26-16(4,5)6)11-10(12(21)24-7)19-9(17)8-18-11;1-2/h8H,1-7H3;1-2H3. The maximum atomic E-state index is 12.6. The number of anilines is 1. The number of nitrogens with zero attached hydrogens (tertiary/aromatic N) is 3. The first kappa shape index (κ1) is 25.8. The van der Waals surface area contributed by atoms with Crippen molar-refractivity contribution in [3.63, 3.8) is 0 Å². The summed E-state index contributed by atoms with van der Waals surface area (Å²) in [7, 11) is 1.14. The molecule has 1 aromatic rings. The third-order valence-electron chi connectivity index (χ3n) is 2.47. The third-order valence-corrected chi connectivity index (χ3v) is 2.85. The highest BCUT2D eigenvalue weighted by atomic mass is 79.9. The summed E-state index contributed by atoms with van der Waals surface area (Å²) in [4.78, 5) is 45.7. The molecule has 9 nitrogen and oxygen atoms in total. The molecule has 0 aromatic carbocycles. The van der Waals surface area contributed by atoms with Gasteiger partial charge >= 0.3 is 18.2 Å². The first-order valence-electron chi connectivity index (χ1n) is 8.62. The molecule has 0 aliphatic heterocycles. The number of rotatable bonds is 2. The van der Waals surface area contributed by atoms with Gasteiger partial charge in [-0.3, -0.25) is 0 Å². The number of esters is 1. The van der Waals surface area contributed by atoms with Gasteiger partial charge in [0.25, 0.3) is 0 Å². The quantitative estimate of drug-likeness (QED) is 0.459. The molecule has 0 aliphatic carbocycles. The molecule has 2 amide bonds. The second-order valence-corrected chi connectivity index (χ2v) is 7.97. The van der Waals surface area contributed by atoms with E-state index in [2.05, 4.69) is 30.6 Å². The minimum atomic E-state index is -1.06. The molecule has 0 unspecified atom stereocenters. The number of hydrogen-bond donors (Lipinski definition) is 0. The van der Waals surface area contributed by atoms with Crippen molar-refractivity contribution in [3.05, 3.63) is 16.5 Å². The largest absolute Gasteiger partial charge is 0.464 e. The highest BCUT2D eigenvalue weighted by molar-refractivity contribution is 9.10. The smallest absolute Gasteiger partial charge is 0.425 e. The van der Waals surface area contributed by atoms with Crippen LogP contribution in [0.5, 0.6) is 0 Å². The molecule has 0 atom stereocenters. The number of carbonyl (C=O) groups is 3. The van der Waals surface area contributed by atoms with E-state index in [-0.39, 0.29) is 16.1 Å². The highest BCUT2D eigenvalue weighted by Crippen LogP contribution is 2.24. The fourth-order valence-electron chi connectivity index (χ4n) is 1.62. The molecule has 0 radical (unpaired) electrons. The number of carbonyl (C=O) groups excluding carboxylic acids is 3.